The van der Waals surface area contributed by atoms with Crippen molar-refractivity contribution in [1.29, 1.82) is 0 Å². The number of rotatable bonds is 3. The highest BCUT2D eigenvalue weighted by Crippen LogP contribution is 2.22. The maximum Gasteiger partial charge on any atom is 0.0706 e. The van der Waals surface area contributed by atoms with Gasteiger partial charge in [-0.3, -0.25) is 4.98 Å². The minimum Gasteiger partial charge on any atom is -0.378 e. The van der Waals surface area contributed by atoms with Crippen LogP contribution in [0.3, 0.4) is 0 Å². The van der Waals surface area contributed by atoms with Crippen LogP contribution in [0, 0.1) is 0 Å². The summed E-state index contributed by atoms with van der Waals surface area (Å²) in [6.45, 7) is 4.19. The molecule has 0 radical (unpaired) electrons. The van der Waals surface area contributed by atoms with Crippen LogP contribution in [0.25, 0.3) is 10.9 Å². The predicted octanol–water partition coefficient (Wildman–Crippen LogP) is 1.57. The standard InChI is InChI=1S/C15H19N3O/c16-6-5-13-2-1-12-11-14(3-4-15(12)17-13)18-7-9-19-10-8-18/h1-4,11H,5-10,16H2. The van der Waals surface area contributed by atoms with Gasteiger partial charge >= 0.3 is 0 Å². The molecule has 1 saturated heterocycles. The van der Waals surface area contributed by atoms with E-state index >= 15 is 0 Å². The highest BCUT2D eigenvalue weighted by atomic mass is 16.5. The van der Waals surface area contributed by atoms with Crippen LogP contribution in [0.5, 0.6) is 0 Å². The van der Waals surface area contributed by atoms with E-state index in [2.05, 4.69) is 40.2 Å². The van der Waals surface area contributed by atoms with Gasteiger partial charge in [-0.2, -0.15) is 0 Å². The van der Waals surface area contributed by atoms with Crippen molar-refractivity contribution in [3.63, 3.8) is 0 Å². The number of ether oxygens (including phenoxy) is 1. The summed E-state index contributed by atoms with van der Waals surface area (Å²) in [5.41, 5.74) is 8.93. The summed E-state index contributed by atoms with van der Waals surface area (Å²) < 4.78 is 5.39. The summed E-state index contributed by atoms with van der Waals surface area (Å²) in [7, 11) is 0. The molecule has 4 nitrogen and oxygen atoms in total. The molecule has 0 unspecified atom stereocenters. The molecule has 1 aromatic heterocycles. The van der Waals surface area contributed by atoms with E-state index in [0.717, 1.165) is 43.9 Å². The minimum absolute atomic E-state index is 0.643. The lowest BCUT2D eigenvalue weighted by Gasteiger charge is -2.29. The van der Waals surface area contributed by atoms with Crippen LogP contribution in [-0.2, 0) is 11.2 Å². The van der Waals surface area contributed by atoms with Crippen LogP contribution in [0.1, 0.15) is 5.69 Å². The van der Waals surface area contributed by atoms with Gasteiger partial charge in [-0.15, -0.1) is 0 Å². The average molecular weight is 257 g/mol. The van der Waals surface area contributed by atoms with Crippen molar-refractivity contribution >= 4 is 16.6 Å². The summed E-state index contributed by atoms with van der Waals surface area (Å²) >= 11 is 0. The first-order valence-electron chi connectivity index (χ1n) is 6.79. The highest BCUT2D eigenvalue weighted by Gasteiger charge is 2.11. The Bertz CT molecular complexity index is 564. The number of pyridine rings is 1. The largest absolute Gasteiger partial charge is 0.378 e. The van der Waals surface area contributed by atoms with E-state index in [4.69, 9.17) is 10.5 Å². The molecule has 100 valence electrons. The first-order chi connectivity index (χ1) is 9.36. The number of aromatic nitrogens is 1. The minimum atomic E-state index is 0.643. The van der Waals surface area contributed by atoms with Crippen LogP contribution in [-0.4, -0.2) is 37.8 Å². The lowest BCUT2D eigenvalue weighted by atomic mass is 10.1. The van der Waals surface area contributed by atoms with E-state index in [0.29, 0.717) is 6.54 Å². The smallest absolute Gasteiger partial charge is 0.0706 e. The van der Waals surface area contributed by atoms with E-state index in [1.807, 2.05) is 0 Å². The Morgan fingerprint density at radius 2 is 2.00 bits per heavy atom. The molecule has 1 aliphatic rings. The molecule has 2 N–H and O–H groups in total. The number of nitrogens with two attached hydrogens (primary N) is 1. The fraction of sp³-hybridized carbons (Fsp3) is 0.400. The number of hydrogen-bond acceptors (Lipinski definition) is 4. The summed E-state index contributed by atoms with van der Waals surface area (Å²) in [6, 6.07) is 10.7. The van der Waals surface area contributed by atoms with Crippen LogP contribution in [0.2, 0.25) is 0 Å². The molecule has 1 fully saturated rings. The first-order valence-corrected chi connectivity index (χ1v) is 6.79. The van der Waals surface area contributed by atoms with Crippen molar-refractivity contribution in [3.8, 4) is 0 Å². The number of benzene rings is 1. The maximum atomic E-state index is 5.57. The van der Waals surface area contributed by atoms with Crippen molar-refractivity contribution in [1.82, 2.24) is 4.98 Å². The molecular formula is C15H19N3O. The Balaban J connectivity index is 1.90. The quantitative estimate of drug-likeness (QED) is 0.907. The van der Waals surface area contributed by atoms with Gasteiger partial charge in [-0.05, 0) is 30.8 Å². The molecule has 0 bridgehead atoms. The second kappa shape index (κ2) is 5.55. The Kier molecular flexibility index (Phi) is 3.62. The molecule has 2 aromatic rings. The van der Waals surface area contributed by atoms with Crippen molar-refractivity contribution in [2.24, 2.45) is 5.73 Å². The molecule has 0 spiro atoms. The van der Waals surface area contributed by atoms with Crippen molar-refractivity contribution in [3.05, 3.63) is 36.0 Å². The van der Waals surface area contributed by atoms with E-state index in [9.17, 15) is 0 Å². The number of anilines is 1. The van der Waals surface area contributed by atoms with Crippen molar-refractivity contribution in [2.45, 2.75) is 6.42 Å². The van der Waals surface area contributed by atoms with Gasteiger partial charge < -0.3 is 15.4 Å². The Morgan fingerprint density at radius 1 is 1.16 bits per heavy atom. The summed E-state index contributed by atoms with van der Waals surface area (Å²) in [6.07, 6.45) is 0.834. The number of morpholine rings is 1. The highest BCUT2D eigenvalue weighted by molar-refractivity contribution is 5.82. The van der Waals surface area contributed by atoms with Gasteiger partial charge in [0, 0.05) is 36.3 Å². The van der Waals surface area contributed by atoms with Gasteiger partial charge in [-0.1, -0.05) is 6.07 Å². The molecule has 0 atom stereocenters. The monoisotopic (exact) mass is 257 g/mol. The van der Waals surface area contributed by atoms with Crippen LogP contribution in [0.4, 0.5) is 5.69 Å². The normalized spacial score (nSPS) is 15.9. The summed E-state index contributed by atoms with van der Waals surface area (Å²) in [5.74, 6) is 0. The predicted molar refractivity (Wildman–Crippen MR) is 77.5 cm³/mol. The van der Waals surface area contributed by atoms with Crippen LogP contribution >= 0.6 is 0 Å². The van der Waals surface area contributed by atoms with Crippen molar-refractivity contribution in [2.75, 3.05) is 37.7 Å². The second-order valence-corrected chi connectivity index (χ2v) is 4.82. The molecule has 0 amide bonds. The zero-order chi connectivity index (χ0) is 13.1. The van der Waals surface area contributed by atoms with Gasteiger partial charge in [0.2, 0.25) is 0 Å². The van der Waals surface area contributed by atoms with E-state index in [-0.39, 0.29) is 0 Å². The van der Waals surface area contributed by atoms with Gasteiger partial charge in [0.15, 0.2) is 0 Å². The summed E-state index contributed by atoms with van der Waals surface area (Å²) in [4.78, 5) is 6.99. The van der Waals surface area contributed by atoms with E-state index < -0.39 is 0 Å². The van der Waals surface area contributed by atoms with E-state index in [1.165, 1.54) is 11.1 Å². The van der Waals surface area contributed by atoms with Gasteiger partial charge in [-0.25, -0.2) is 0 Å². The molecule has 4 heteroatoms. The Hall–Kier alpha value is -1.65. The molecule has 2 heterocycles. The molecule has 0 aliphatic carbocycles. The summed E-state index contributed by atoms with van der Waals surface area (Å²) in [5, 5.41) is 1.18. The molecule has 3 rings (SSSR count). The third-order valence-electron chi connectivity index (χ3n) is 3.51. The third-order valence-corrected chi connectivity index (χ3v) is 3.51. The number of hydrogen-bond donors (Lipinski definition) is 1. The zero-order valence-corrected chi connectivity index (χ0v) is 11.0. The number of fused-ring (bicyclic) bond motifs is 1. The van der Waals surface area contributed by atoms with Gasteiger partial charge in [0.05, 0.1) is 18.7 Å². The van der Waals surface area contributed by atoms with Crippen molar-refractivity contribution < 1.29 is 4.74 Å². The lowest BCUT2D eigenvalue weighted by Crippen LogP contribution is -2.36. The second-order valence-electron chi connectivity index (χ2n) is 4.82. The molecule has 19 heavy (non-hydrogen) atoms. The van der Waals surface area contributed by atoms with Gasteiger partial charge in [0.25, 0.3) is 0 Å². The fourth-order valence-corrected chi connectivity index (χ4v) is 2.46. The lowest BCUT2D eigenvalue weighted by molar-refractivity contribution is 0.122. The SMILES string of the molecule is NCCc1ccc2cc(N3CCOCC3)ccc2n1. The number of nitrogens with zero attached hydrogens (tertiary/aromatic N) is 2. The molecular weight excluding hydrogens is 238 g/mol. The fourth-order valence-electron chi connectivity index (χ4n) is 2.46. The molecule has 0 saturated carbocycles. The first kappa shape index (κ1) is 12.4. The Labute approximate surface area is 113 Å². The van der Waals surface area contributed by atoms with Crippen LogP contribution < -0.4 is 10.6 Å². The zero-order valence-electron chi connectivity index (χ0n) is 11.0. The third kappa shape index (κ3) is 2.69. The molecule has 1 aromatic carbocycles. The maximum absolute atomic E-state index is 5.57. The van der Waals surface area contributed by atoms with Crippen LogP contribution in [0.15, 0.2) is 30.3 Å². The topological polar surface area (TPSA) is 51.4 Å². The van der Waals surface area contributed by atoms with Gasteiger partial charge in [0.1, 0.15) is 0 Å². The average Bonchev–Trinajstić information content (AvgIpc) is 2.48. The van der Waals surface area contributed by atoms with E-state index in [1.54, 1.807) is 0 Å². The molecule has 1 aliphatic heterocycles. The Morgan fingerprint density at radius 3 is 2.79 bits per heavy atom.